The molecule has 1 aromatic heterocycles. The molecule has 0 fully saturated rings. The highest BCUT2D eigenvalue weighted by Crippen LogP contribution is 2.35. The molecule has 1 aliphatic rings. The summed E-state index contributed by atoms with van der Waals surface area (Å²) in [6, 6.07) is 6.12. The lowest BCUT2D eigenvalue weighted by molar-refractivity contribution is 0.139. The van der Waals surface area contributed by atoms with Gasteiger partial charge < -0.3 is 20.1 Å². The van der Waals surface area contributed by atoms with E-state index in [-0.39, 0.29) is 12.6 Å². The van der Waals surface area contributed by atoms with Gasteiger partial charge >= 0.3 is 0 Å². The number of aliphatic hydroxyl groups excluding tert-OH is 2. The van der Waals surface area contributed by atoms with Gasteiger partial charge in [0.15, 0.2) is 0 Å². The summed E-state index contributed by atoms with van der Waals surface area (Å²) in [5.74, 6) is 0. The van der Waals surface area contributed by atoms with Crippen molar-refractivity contribution in [2.45, 2.75) is 57.7 Å². The smallest absolute Gasteiger partial charge is 0.0843 e. The van der Waals surface area contributed by atoms with Gasteiger partial charge in [-0.15, -0.1) is 0 Å². The first kappa shape index (κ1) is 17.7. The van der Waals surface area contributed by atoms with E-state index in [2.05, 4.69) is 16.0 Å². The Labute approximate surface area is 148 Å². The van der Waals surface area contributed by atoms with Crippen LogP contribution in [0.5, 0.6) is 0 Å². The van der Waals surface area contributed by atoms with Gasteiger partial charge in [-0.1, -0.05) is 30.7 Å². The molecule has 3 rings (SSSR count). The third-order valence-corrected chi connectivity index (χ3v) is 5.40. The lowest BCUT2D eigenvalue weighted by Crippen LogP contribution is -2.39. The number of para-hydroxylation sites is 1. The Bertz CT molecular complexity index is 694. The van der Waals surface area contributed by atoms with Gasteiger partial charge in [0.1, 0.15) is 0 Å². The summed E-state index contributed by atoms with van der Waals surface area (Å²) in [5.41, 5.74) is 3.79. The number of aliphatic hydroxyl groups is 2. The molecular weight excluding hydrogens is 324 g/mol. The third kappa shape index (κ3) is 3.47. The molecule has 2 unspecified atom stereocenters. The summed E-state index contributed by atoms with van der Waals surface area (Å²) in [7, 11) is 0. The van der Waals surface area contributed by atoms with Crippen LogP contribution < -0.4 is 5.32 Å². The van der Waals surface area contributed by atoms with Gasteiger partial charge in [0.25, 0.3) is 0 Å². The number of hydrogen-bond acceptors (Lipinski definition) is 3. The first-order valence-corrected chi connectivity index (χ1v) is 9.34. The maximum atomic E-state index is 10.5. The highest BCUT2D eigenvalue weighted by atomic mass is 35.5. The summed E-state index contributed by atoms with van der Waals surface area (Å²) < 4.78 is 2.22. The lowest BCUT2D eigenvalue weighted by atomic mass is 9.95. The Morgan fingerprint density at radius 3 is 2.83 bits per heavy atom. The molecule has 0 amide bonds. The standard InChI is InChI=1S/C19H27ClN2O2/c1-2-13(12-23)21-10-14(24)11-22-18-9-4-3-6-15(18)16-7-5-8-17(20)19(16)22/h5,7-8,13-14,21,23-24H,2-4,6,9-12H2,1H3. The van der Waals surface area contributed by atoms with Crippen LogP contribution >= 0.6 is 11.6 Å². The molecule has 0 saturated heterocycles. The van der Waals surface area contributed by atoms with Crippen LogP contribution in [0, 0.1) is 0 Å². The molecule has 3 N–H and O–H groups in total. The number of nitrogens with one attached hydrogen (secondary N) is 1. The molecule has 1 aliphatic carbocycles. The first-order chi connectivity index (χ1) is 11.7. The number of fused-ring (bicyclic) bond motifs is 3. The maximum Gasteiger partial charge on any atom is 0.0843 e. The Hall–Kier alpha value is -1.07. The molecule has 2 atom stereocenters. The van der Waals surface area contributed by atoms with E-state index in [4.69, 9.17) is 11.6 Å². The Morgan fingerprint density at radius 1 is 1.29 bits per heavy atom. The minimum atomic E-state index is -0.511. The van der Waals surface area contributed by atoms with Crippen LogP contribution in [-0.4, -0.2) is 40.1 Å². The number of halogens is 1. The van der Waals surface area contributed by atoms with E-state index in [0.29, 0.717) is 13.1 Å². The van der Waals surface area contributed by atoms with Crippen LogP contribution in [0.1, 0.15) is 37.4 Å². The molecule has 1 heterocycles. The van der Waals surface area contributed by atoms with Gasteiger partial charge in [-0.2, -0.15) is 0 Å². The van der Waals surface area contributed by atoms with Gasteiger partial charge in [-0.25, -0.2) is 0 Å². The molecule has 24 heavy (non-hydrogen) atoms. The average molecular weight is 351 g/mol. The molecule has 1 aromatic carbocycles. The second-order valence-electron chi connectivity index (χ2n) is 6.73. The Kier molecular flexibility index (Phi) is 5.82. The van der Waals surface area contributed by atoms with Gasteiger partial charge in [0, 0.05) is 23.7 Å². The minimum Gasteiger partial charge on any atom is -0.395 e. The number of rotatable bonds is 7. The molecule has 0 aliphatic heterocycles. The SMILES string of the molecule is CCC(CO)NCC(O)Cn1c2c(c3cccc(Cl)c31)CCCC2. The average Bonchev–Trinajstić information content (AvgIpc) is 2.91. The van der Waals surface area contributed by atoms with E-state index in [1.54, 1.807) is 0 Å². The van der Waals surface area contributed by atoms with E-state index < -0.39 is 6.10 Å². The number of nitrogens with zero attached hydrogens (tertiary/aromatic N) is 1. The topological polar surface area (TPSA) is 57.4 Å². The van der Waals surface area contributed by atoms with Gasteiger partial charge in [-0.05, 0) is 43.7 Å². The van der Waals surface area contributed by atoms with E-state index >= 15 is 0 Å². The van der Waals surface area contributed by atoms with Crippen molar-refractivity contribution < 1.29 is 10.2 Å². The monoisotopic (exact) mass is 350 g/mol. The predicted octanol–water partition coefficient (Wildman–Crippen LogP) is 2.89. The fourth-order valence-electron chi connectivity index (χ4n) is 3.76. The van der Waals surface area contributed by atoms with E-state index in [0.717, 1.165) is 29.8 Å². The van der Waals surface area contributed by atoms with Crippen LogP contribution in [-0.2, 0) is 19.4 Å². The highest BCUT2D eigenvalue weighted by Gasteiger charge is 2.22. The van der Waals surface area contributed by atoms with Crippen molar-refractivity contribution in [3.8, 4) is 0 Å². The fourth-order valence-corrected chi connectivity index (χ4v) is 4.04. The van der Waals surface area contributed by atoms with Crippen LogP contribution in [0.3, 0.4) is 0 Å². The third-order valence-electron chi connectivity index (χ3n) is 5.10. The zero-order valence-electron chi connectivity index (χ0n) is 14.3. The molecule has 4 nitrogen and oxygen atoms in total. The molecular formula is C19H27ClN2O2. The number of aromatic nitrogens is 1. The largest absolute Gasteiger partial charge is 0.395 e. The Morgan fingerprint density at radius 2 is 2.08 bits per heavy atom. The summed E-state index contributed by atoms with van der Waals surface area (Å²) in [6.07, 6.45) is 4.89. The number of hydrogen-bond donors (Lipinski definition) is 3. The summed E-state index contributed by atoms with van der Waals surface area (Å²) in [5, 5.41) is 25.0. The zero-order chi connectivity index (χ0) is 17.1. The summed E-state index contributed by atoms with van der Waals surface area (Å²) >= 11 is 6.49. The van der Waals surface area contributed by atoms with E-state index in [9.17, 15) is 10.2 Å². The second-order valence-corrected chi connectivity index (χ2v) is 7.14. The molecule has 0 spiro atoms. The van der Waals surface area contributed by atoms with E-state index in [1.165, 1.54) is 29.5 Å². The van der Waals surface area contributed by atoms with Gasteiger partial charge in [-0.3, -0.25) is 0 Å². The van der Waals surface area contributed by atoms with Crippen molar-refractivity contribution in [3.05, 3.63) is 34.5 Å². The highest BCUT2D eigenvalue weighted by molar-refractivity contribution is 6.35. The van der Waals surface area contributed by atoms with Crippen LogP contribution in [0.25, 0.3) is 10.9 Å². The van der Waals surface area contributed by atoms with Crippen LogP contribution in [0.2, 0.25) is 5.02 Å². The molecule has 2 aromatic rings. The van der Waals surface area contributed by atoms with Gasteiger partial charge in [0.2, 0.25) is 0 Å². The lowest BCUT2D eigenvalue weighted by Gasteiger charge is -2.21. The molecule has 0 bridgehead atoms. The first-order valence-electron chi connectivity index (χ1n) is 8.96. The molecule has 0 saturated carbocycles. The van der Waals surface area contributed by atoms with Gasteiger partial charge in [0.05, 0.1) is 29.8 Å². The normalized spacial score (nSPS) is 17.0. The summed E-state index contributed by atoms with van der Waals surface area (Å²) in [6.45, 7) is 3.12. The van der Waals surface area contributed by atoms with E-state index in [1.807, 2.05) is 19.1 Å². The zero-order valence-corrected chi connectivity index (χ0v) is 15.0. The second kappa shape index (κ2) is 7.87. The Balaban J connectivity index is 1.86. The van der Waals surface area contributed by atoms with Crippen molar-refractivity contribution in [2.75, 3.05) is 13.2 Å². The van der Waals surface area contributed by atoms with Crippen LogP contribution in [0.15, 0.2) is 18.2 Å². The molecule has 0 radical (unpaired) electrons. The number of aryl methyl sites for hydroxylation is 1. The maximum absolute atomic E-state index is 10.5. The molecule has 5 heteroatoms. The van der Waals surface area contributed by atoms with Crippen molar-refractivity contribution >= 4 is 22.5 Å². The van der Waals surface area contributed by atoms with Crippen molar-refractivity contribution in [1.29, 1.82) is 0 Å². The van der Waals surface area contributed by atoms with Crippen molar-refractivity contribution in [2.24, 2.45) is 0 Å². The fraction of sp³-hybridized carbons (Fsp3) is 0.579. The predicted molar refractivity (Wildman–Crippen MR) is 98.8 cm³/mol. The molecule has 132 valence electrons. The van der Waals surface area contributed by atoms with Crippen molar-refractivity contribution in [3.63, 3.8) is 0 Å². The quantitative estimate of drug-likeness (QED) is 0.719. The minimum absolute atomic E-state index is 0.0403. The van der Waals surface area contributed by atoms with Crippen molar-refractivity contribution in [1.82, 2.24) is 9.88 Å². The number of benzene rings is 1. The van der Waals surface area contributed by atoms with Crippen LogP contribution in [0.4, 0.5) is 0 Å². The summed E-state index contributed by atoms with van der Waals surface area (Å²) in [4.78, 5) is 0.